The van der Waals surface area contributed by atoms with Crippen molar-refractivity contribution in [1.82, 2.24) is 0 Å². The maximum Gasteiger partial charge on any atom is 0.147 e. The summed E-state index contributed by atoms with van der Waals surface area (Å²) < 4.78 is 0. The van der Waals surface area contributed by atoms with Crippen molar-refractivity contribution in [3.63, 3.8) is 0 Å². The molecule has 4 aromatic rings. The van der Waals surface area contributed by atoms with Crippen LogP contribution in [0.1, 0.15) is 28.2 Å². The average molecular weight is 345 g/mol. The van der Waals surface area contributed by atoms with Gasteiger partial charge in [0, 0.05) is 18.2 Å². The van der Waals surface area contributed by atoms with E-state index in [0.717, 1.165) is 5.56 Å². The number of benzene rings is 4. The standard InChI is InChI=1S/C27H21/c1-5-13-22(14-6-1)21-26(23-15-7-2-8-16-23)27(24-17-9-3-10-18-24)25-19-11-4-12-20-25/h1-20,27H/q+1. The number of rotatable bonds is 5. The van der Waals surface area contributed by atoms with Crippen LogP contribution in [-0.4, -0.2) is 0 Å². The molecule has 0 nitrogen and oxygen atoms in total. The largest absolute Gasteiger partial charge is 0.147 e. The summed E-state index contributed by atoms with van der Waals surface area (Å²) in [5.41, 5.74) is 6.00. The molecule has 0 aliphatic heterocycles. The van der Waals surface area contributed by atoms with Crippen molar-refractivity contribution >= 4 is 5.57 Å². The molecule has 0 aromatic heterocycles. The zero-order valence-electron chi connectivity index (χ0n) is 15.1. The Morgan fingerprint density at radius 1 is 0.481 bits per heavy atom. The van der Waals surface area contributed by atoms with Gasteiger partial charge >= 0.3 is 0 Å². The van der Waals surface area contributed by atoms with Gasteiger partial charge in [-0.15, -0.1) is 0 Å². The number of allylic oxidation sites excluding steroid dienone is 1. The molecule has 0 heteroatoms. The number of hydrogen-bond donors (Lipinski definition) is 0. The fourth-order valence-corrected chi connectivity index (χ4v) is 3.42. The van der Waals surface area contributed by atoms with Crippen molar-refractivity contribution in [3.05, 3.63) is 150 Å². The quantitative estimate of drug-likeness (QED) is 0.277. The van der Waals surface area contributed by atoms with Gasteiger partial charge in [-0.25, -0.2) is 0 Å². The summed E-state index contributed by atoms with van der Waals surface area (Å²) in [5, 5.41) is 0. The molecular formula is C27H21+. The molecule has 0 saturated heterocycles. The Morgan fingerprint density at radius 3 is 1.37 bits per heavy atom. The molecule has 0 aliphatic rings. The van der Waals surface area contributed by atoms with Crippen LogP contribution in [-0.2, 0) is 0 Å². The highest BCUT2D eigenvalue weighted by Crippen LogP contribution is 2.38. The molecule has 0 aliphatic carbocycles. The van der Waals surface area contributed by atoms with Crippen LogP contribution in [0.4, 0.5) is 0 Å². The van der Waals surface area contributed by atoms with Gasteiger partial charge in [0.25, 0.3) is 0 Å². The Bertz CT molecular complexity index is 945. The fourth-order valence-electron chi connectivity index (χ4n) is 3.42. The third kappa shape index (κ3) is 4.03. The van der Waals surface area contributed by atoms with Crippen molar-refractivity contribution in [2.24, 2.45) is 0 Å². The molecule has 0 radical (unpaired) electrons. The fraction of sp³-hybridized carbons (Fsp3) is 0.0370. The molecule has 0 unspecified atom stereocenters. The lowest BCUT2D eigenvalue weighted by Gasteiger charge is -2.18. The Kier molecular flexibility index (Phi) is 5.20. The maximum atomic E-state index is 3.71. The van der Waals surface area contributed by atoms with E-state index >= 15 is 0 Å². The van der Waals surface area contributed by atoms with E-state index in [9.17, 15) is 0 Å². The van der Waals surface area contributed by atoms with Gasteiger partial charge in [0.1, 0.15) is 11.1 Å². The zero-order valence-corrected chi connectivity index (χ0v) is 15.1. The first-order valence-corrected chi connectivity index (χ1v) is 9.26. The monoisotopic (exact) mass is 345 g/mol. The summed E-state index contributed by atoms with van der Waals surface area (Å²) in [4.78, 5) is 0. The molecular weight excluding hydrogens is 324 g/mol. The summed E-state index contributed by atoms with van der Waals surface area (Å²) in [6.07, 6.45) is 3.71. The highest BCUT2D eigenvalue weighted by Gasteiger charge is 2.25. The highest BCUT2D eigenvalue weighted by atomic mass is 14.2. The molecule has 0 fully saturated rings. The van der Waals surface area contributed by atoms with Gasteiger partial charge in [0.15, 0.2) is 0 Å². The Labute approximate surface area is 161 Å². The molecule has 0 amide bonds. The Balaban J connectivity index is 1.93. The first kappa shape index (κ1) is 17.0. The van der Waals surface area contributed by atoms with Gasteiger partial charge in [0.05, 0.1) is 11.5 Å². The zero-order chi connectivity index (χ0) is 18.3. The smallest absolute Gasteiger partial charge is 0.0622 e. The van der Waals surface area contributed by atoms with Crippen LogP contribution in [0, 0.1) is 6.08 Å². The van der Waals surface area contributed by atoms with E-state index in [1.54, 1.807) is 0 Å². The molecule has 0 heterocycles. The van der Waals surface area contributed by atoms with E-state index < -0.39 is 0 Å². The molecule has 0 saturated carbocycles. The Hall–Kier alpha value is -3.47. The van der Waals surface area contributed by atoms with E-state index in [1.165, 1.54) is 22.3 Å². The summed E-state index contributed by atoms with van der Waals surface area (Å²) in [6.45, 7) is 0. The third-order valence-corrected chi connectivity index (χ3v) is 4.69. The van der Waals surface area contributed by atoms with Crippen molar-refractivity contribution in [2.45, 2.75) is 5.92 Å². The second-order valence-electron chi connectivity index (χ2n) is 6.53. The van der Waals surface area contributed by atoms with E-state index in [0.29, 0.717) is 0 Å². The molecule has 4 aromatic carbocycles. The minimum atomic E-state index is 0.120. The second-order valence-corrected chi connectivity index (χ2v) is 6.53. The van der Waals surface area contributed by atoms with Crippen LogP contribution in [0.3, 0.4) is 0 Å². The Morgan fingerprint density at radius 2 is 0.889 bits per heavy atom. The predicted octanol–water partition coefficient (Wildman–Crippen LogP) is 6.75. The highest BCUT2D eigenvalue weighted by molar-refractivity contribution is 5.75. The lowest BCUT2D eigenvalue weighted by Crippen LogP contribution is -2.05. The molecule has 0 spiro atoms. The predicted molar refractivity (Wildman–Crippen MR) is 113 cm³/mol. The molecule has 0 atom stereocenters. The van der Waals surface area contributed by atoms with Crippen LogP contribution in [0.5, 0.6) is 0 Å². The van der Waals surface area contributed by atoms with E-state index in [-0.39, 0.29) is 5.92 Å². The van der Waals surface area contributed by atoms with Crippen molar-refractivity contribution in [3.8, 4) is 0 Å². The van der Waals surface area contributed by atoms with Crippen molar-refractivity contribution in [1.29, 1.82) is 0 Å². The summed E-state index contributed by atoms with van der Waals surface area (Å²) in [7, 11) is 0. The molecule has 0 bridgehead atoms. The van der Waals surface area contributed by atoms with Crippen molar-refractivity contribution < 1.29 is 0 Å². The first-order valence-electron chi connectivity index (χ1n) is 9.26. The second kappa shape index (κ2) is 8.27. The average Bonchev–Trinajstić information content (AvgIpc) is 2.76. The SMILES string of the molecule is [C+](=C(c1ccccc1)C(c1ccccc1)c1ccccc1)c1ccccc1. The number of hydrogen-bond acceptors (Lipinski definition) is 0. The maximum absolute atomic E-state index is 3.71. The van der Waals surface area contributed by atoms with E-state index in [4.69, 9.17) is 0 Å². The minimum Gasteiger partial charge on any atom is -0.0622 e. The summed E-state index contributed by atoms with van der Waals surface area (Å²) in [5.74, 6) is 0.120. The van der Waals surface area contributed by atoms with Gasteiger partial charge in [-0.2, -0.15) is 0 Å². The molecule has 0 N–H and O–H groups in total. The first-order chi connectivity index (χ1) is 13.4. The van der Waals surface area contributed by atoms with E-state index in [2.05, 4.69) is 121 Å². The molecule has 27 heavy (non-hydrogen) atoms. The van der Waals surface area contributed by atoms with Crippen LogP contribution in [0.25, 0.3) is 5.57 Å². The normalized spacial score (nSPS) is 11.2. The van der Waals surface area contributed by atoms with Gasteiger partial charge in [-0.3, -0.25) is 0 Å². The van der Waals surface area contributed by atoms with Gasteiger partial charge in [-0.1, -0.05) is 78.9 Å². The molecule has 4 rings (SSSR count). The third-order valence-electron chi connectivity index (χ3n) is 4.69. The van der Waals surface area contributed by atoms with Crippen LogP contribution in [0.15, 0.2) is 121 Å². The minimum absolute atomic E-state index is 0.120. The summed E-state index contributed by atoms with van der Waals surface area (Å²) >= 11 is 0. The lowest BCUT2D eigenvalue weighted by atomic mass is 9.81. The topological polar surface area (TPSA) is 0 Å². The van der Waals surface area contributed by atoms with Crippen LogP contribution >= 0.6 is 0 Å². The van der Waals surface area contributed by atoms with Gasteiger partial charge < -0.3 is 0 Å². The van der Waals surface area contributed by atoms with Crippen molar-refractivity contribution in [2.75, 3.05) is 0 Å². The van der Waals surface area contributed by atoms with E-state index in [1.807, 2.05) is 6.07 Å². The van der Waals surface area contributed by atoms with Gasteiger partial charge in [0.2, 0.25) is 0 Å². The van der Waals surface area contributed by atoms with Crippen LogP contribution in [0.2, 0.25) is 0 Å². The summed E-state index contributed by atoms with van der Waals surface area (Å²) in [6, 6.07) is 42.3. The lowest BCUT2D eigenvalue weighted by molar-refractivity contribution is 1.04. The molecule has 128 valence electrons. The van der Waals surface area contributed by atoms with Gasteiger partial charge in [-0.05, 0) is 41.5 Å². The van der Waals surface area contributed by atoms with Crippen LogP contribution < -0.4 is 0 Å².